The summed E-state index contributed by atoms with van der Waals surface area (Å²) in [5.41, 5.74) is 6.30. The molecule has 0 aliphatic heterocycles. The molecule has 2 rings (SSSR count). The number of nitrogens with two attached hydrogens (primary N) is 1. The van der Waals surface area contributed by atoms with Crippen LogP contribution in [0.2, 0.25) is 0 Å². The van der Waals surface area contributed by atoms with Crippen molar-refractivity contribution >= 4 is 23.5 Å². The van der Waals surface area contributed by atoms with Crippen molar-refractivity contribution in [1.29, 1.82) is 5.26 Å². The van der Waals surface area contributed by atoms with E-state index < -0.39 is 0 Å². The van der Waals surface area contributed by atoms with Crippen molar-refractivity contribution in [1.82, 2.24) is 15.3 Å². The van der Waals surface area contributed by atoms with Gasteiger partial charge in [0.15, 0.2) is 5.16 Å². The number of carbonyl (C=O) groups is 1. The number of hydrogen-bond acceptors (Lipinski definition) is 6. The van der Waals surface area contributed by atoms with Gasteiger partial charge >= 0.3 is 0 Å². The lowest BCUT2D eigenvalue weighted by molar-refractivity contribution is -0.119. The van der Waals surface area contributed by atoms with Crippen molar-refractivity contribution in [2.45, 2.75) is 64.1 Å². The van der Waals surface area contributed by atoms with Crippen molar-refractivity contribution < 1.29 is 4.79 Å². The van der Waals surface area contributed by atoms with Gasteiger partial charge in [-0.1, -0.05) is 39.0 Å². The molecule has 0 spiro atoms. The normalized spacial score (nSPS) is 20.7. The van der Waals surface area contributed by atoms with Gasteiger partial charge in [0.25, 0.3) is 0 Å². The monoisotopic (exact) mass is 361 g/mol. The number of rotatable bonds is 6. The molecule has 0 atom stereocenters. The van der Waals surface area contributed by atoms with E-state index >= 15 is 0 Å². The second-order valence-electron chi connectivity index (χ2n) is 7.31. The highest BCUT2D eigenvalue weighted by molar-refractivity contribution is 7.99. The number of hydrogen-bond donors (Lipinski definition) is 2. The molecule has 1 aliphatic carbocycles. The second-order valence-corrected chi connectivity index (χ2v) is 8.25. The van der Waals surface area contributed by atoms with Crippen LogP contribution in [0.3, 0.4) is 0 Å². The Morgan fingerprint density at radius 1 is 1.44 bits per heavy atom. The summed E-state index contributed by atoms with van der Waals surface area (Å²) in [6.45, 7) is 6.94. The quantitative estimate of drug-likeness (QED) is 0.596. The minimum absolute atomic E-state index is 0.00488. The average Bonchev–Trinajstić information content (AvgIpc) is 2.60. The first-order valence-electron chi connectivity index (χ1n) is 8.80. The molecular weight excluding hydrogens is 334 g/mol. The third kappa shape index (κ3) is 5.33. The van der Waals surface area contributed by atoms with Crippen LogP contribution < -0.4 is 11.1 Å². The summed E-state index contributed by atoms with van der Waals surface area (Å²) < 4.78 is 0. The van der Waals surface area contributed by atoms with E-state index in [-0.39, 0.29) is 29.1 Å². The van der Waals surface area contributed by atoms with Crippen LogP contribution in [-0.4, -0.2) is 27.7 Å². The van der Waals surface area contributed by atoms with Gasteiger partial charge in [0, 0.05) is 6.04 Å². The Morgan fingerprint density at radius 2 is 2.12 bits per heavy atom. The molecule has 0 unspecified atom stereocenters. The molecule has 1 heterocycles. The fourth-order valence-electron chi connectivity index (χ4n) is 3.24. The molecule has 1 saturated carbocycles. The third-order valence-electron chi connectivity index (χ3n) is 5.36. The Labute approximate surface area is 154 Å². The van der Waals surface area contributed by atoms with Crippen LogP contribution in [0.5, 0.6) is 0 Å². The number of anilines is 1. The molecule has 1 aromatic rings. The first-order chi connectivity index (χ1) is 11.9. The number of nitrogens with zero attached hydrogens (tertiary/aromatic N) is 3. The number of amides is 1. The summed E-state index contributed by atoms with van der Waals surface area (Å²) in [6, 6.07) is 2.19. The summed E-state index contributed by atoms with van der Waals surface area (Å²) in [5, 5.41) is 12.3. The summed E-state index contributed by atoms with van der Waals surface area (Å²) in [4.78, 5) is 20.2. The van der Waals surface area contributed by atoms with Crippen molar-refractivity contribution in [3.63, 3.8) is 0 Å². The maximum Gasteiger partial charge on any atom is 0.230 e. The highest BCUT2D eigenvalue weighted by atomic mass is 32.2. The molecule has 1 aromatic heterocycles. The maximum absolute atomic E-state index is 12.2. The SMILES string of the molecule is CCC(C)(C)C1CCC(NC(=O)CSc2ncc(C#N)c(N)n2)CC1. The Balaban J connectivity index is 1.76. The van der Waals surface area contributed by atoms with E-state index in [4.69, 9.17) is 11.0 Å². The van der Waals surface area contributed by atoms with Crippen LogP contribution >= 0.6 is 11.8 Å². The molecular formula is C18H27N5OS. The van der Waals surface area contributed by atoms with E-state index in [1.807, 2.05) is 6.07 Å². The lowest BCUT2D eigenvalue weighted by atomic mass is 9.69. The minimum atomic E-state index is -0.00488. The highest BCUT2D eigenvalue weighted by Crippen LogP contribution is 2.40. The van der Waals surface area contributed by atoms with Crippen molar-refractivity contribution in [3.8, 4) is 6.07 Å². The van der Waals surface area contributed by atoms with E-state index in [2.05, 4.69) is 36.1 Å². The highest BCUT2D eigenvalue weighted by Gasteiger charge is 2.32. The number of nitrogen functional groups attached to an aromatic ring is 1. The molecule has 0 radical (unpaired) electrons. The smallest absolute Gasteiger partial charge is 0.230 e. The zero-order valence-corrected chi connectivity index (χ0v) is 16.0. The molecule has 1 aliphatic rings. The van der Waals surface area contributed by atoms with E-state index in [0.29, 0.717) is 10.6 Å². The van der Waals surface area contributed by atoms with Crippen LogP contribution in [0.4, 0.5) is 5.82 Å². The summed E-state index contributed by atoms with van der Waals surface area (Å²) >= 11 is 1.24. The Kier molecular flexibility index (Phi) is 6.65. The molecule has 136 valence electrons. The molecule has 6 nitrogen and oxygen atoms in total. The van der Waals surface area contributed by atoms with Gasteiger partial charge < -0.3 is 11.1 Å². The average molecular weight is 362 g/mol. The fourth-order valence-corrected chi connectivity index (χ4v) is 3.87. The molecule has 0 aromatic carbocycles. The summed E-state index contributed by atoms with van der Waals surface area (Å²) in [5.74, 6) is 1.15. The molecule has 0 bridgehead atoms. The van der Waals surface area contributed by atoms with Gasteiger partial charge in [-0.15, -0.1) is 0 Å². The lowest BCUT2D eigenvalue weighted by Crippen LogP contribution is -2.40. The summed E-state index contributed by atoms with van der Waals surface area (Å²) in [7, 11) is 0. The first kappa shape index (κ1) is 19.5. The van der Waals surface area contributed by atoms with Gasteiger partial charge in [0.1, 0.15) is 17.5 Å². The van der Waals surface area contributed by atoms with E-state index in [1.54, 1.807) is 0 Å². The van der Waals surface area contributed by atoms with Crippen LogP contribution in [-0.2, 0) is 4.79 Å². The molecule has 7 heteroatoms. The Hall–Kier alpha value is -1.81. The van der Waals surface area contributed by atoms with Gasteiger partial charge in [0.2, 0.25) is 5.91 Å². The Morgan fingerprint density at radius 3 is 2.68 bits per heavy atom. The zero-order valence-electron chi connectivity index (χ0n) is 15.2. The van der Waals surface area contributed by atoms with Gasteiger partial charge in [0.05, 0.1) is 11.9 Å². The molecule has 25 heavy (non-hydrogen) atoms. The molecule has 0 saturated heterocycles. The van der Waals surface area contributed by atoms with Gasteiger partial charge in [-0.05, 0) is 37.0 Å². The number of nitrogens with one attached hydrogen (secondary N) is 1. The van der Waals surface area contributed by atoms with E-state index in [1.165, 1.54) is 37.2 Å². The largest absolute Gasteiger partial charge is 0.382 e. The van der Waals surface area contributed by atoms with Crippen molar-refractivity contribution in [2.75, 3.05) is 11.5 Å². The predicted molar refractivity (Wildman–Crippen MR) is 99.8 cm³/mol. The number of nitriles is 1. The molecule has 1 amide bonds. The number of thioether (sulfide) groups is 1. The van der Waals surface area contributed by atoms with Crippen molar-refractivity contribution in [3.05, 3.63) is 11.8 Å². The predicted octanol–water partition coefficient (Wildman–Crippen LogP) is 3.13. The third-order valence-corrected chi connectivity index (χ3v) is 6.22. The van der Waals surface area contributed by atoms with Gasteiger partial charge in [-0.3, -0.25) is 4.79 Å². The first-order valence-corrected chi connectivity index (χ1v) is 9.79. The van der Waals surface area contributed by atoms with Crippen molar-refractivity contribution in [2.24, 2.45) is 11.3 Å². The van der Waals surface area contributed by atoms with Crippen LogP contribution in [0.1, 0.15) is 58.4 Å². The molecule has 3 N–H and O–H groups in total. The van der Waals surface area contributed by atoms with E-state index in [0.717, 1.165) is 18.8 Å². The van der Waals surface area contributed by atoms with Gasteiger partial charge in [-0.25, -0.2) is 9.97 Å². The van der Waals surface area contributed by atoms with Gasteiger partial charge in [-0.2, -0.15) is 5.26 Å². The standard InChI is InChI=1S/C18H27N5OS/c1-4-18(2,3)13-5-7-14(8-6-13)22-15(24)11-25-17-21-10-12(9-19)16(20)23-17/h10,13-14H,4-8,11H2,1-3H3,(H,22,24)(H2,20,21,23). The number of carbonyl (C=O) groups excluding carboxylic acids is 1. The van der Waals surface area contributed by atoms with E-state index in [9.17, 15) is 4.79 Å². The summed E-state index contributed by atoms with van der Waals surface area (Å²) in [6.07, 6.45) is 7.02. The number of aromatic nitrogens is 2. The second kappa shape index (κ2) is 8.52. The molecule has 1 fully saturated rings. The Bertz CT molecular complexity index is 647. The minimum Gasteiger partial charge on any atom is -0.382 e. The van der Waals surface area contributed by atoms with Crippen LogP contribution in [0.25, 0.3) is 0 Å². The zero-order chi connectivity index (χ0) is 18.4. The topological polar surface area (TPSA) is 105 Å². The van der Waals surface area contributed by atoms with Crippen LogP contribution in [0, 0.1) is 22.7 Å². The lowest BCUT2D eigenvalue weighted by Gasteiger charge is -2.39. The fraction of sp³-hybridized carbons (Fsp3) is 0.667. The maximum atomic E-state index is 12.2. The van der Waals surface area contributed by atoms with Crippen LogP contribution in [0.15, 0.2) is 11.4 Å².